The van der Waals surface area contributed by atoms with E-state index in [2.05, 4.69) is 21.3 Å². The smallest absolute Gasteiger partial charge is 0.255 e. The van der Waals surface area contributed by atoms with Gasteiger partial charge in [-0.15, -0.1) is 0 Å². The minimum Gasteiger partial charge on any atom is -0.504 e. The number of hydrogen-bond donors (Lipinski definition) is 10. The summed E-state index contributed by atoms with van der Waals surface area (Å²) in [5, 5.41) is 70.6. The second-order valence-electron chi connectivity index (χ2n) is 12.1. The molecule has 0 aliphatic carbocycles. The summed E-state index contributed by atoms with van der Waals surface area (Å²) in [5.74, 6) is -5.34. The Morgan fingerprint density at radius 2 is 0.863 bits per heavy atom. The van der Waals surface area contributed by atoms with Gasteiger partial charge < -0.3 is 56.7 Å². The van der Waals surface area contributed by atoms with Gasteiger partial charge in [-0.25, -0.2) is 0 Å². The highest BCUT2D eigenvalue weighted by molar-refractivity contribution is 6.57. The highest BCUT2D eigenvalue weighted by Gasteiger charge is 2.31. The van der Waals surface area contributed by atoms with E-state index in [0.29, 0.717) is 38.5 Å². The Hall–Kier alpha value is -5.93. The maximum atomic E-state index is 13.1. The number of amides is 4. The maximum absolute atomic E-state index is 13.1. The molecule has 0 saturated carbocycles. The Bertz CT molecular complexity index is 1560. The monoisotopic (exact) mass is 706 g/mol. The van der Waals surface area contributed by atoms with Crippen molar-refractivity contribution in [3.05, 3.63) is 71.3 Å². The molecule has 4 amide bonds. The van der Waals surface area contributed by atoms with Crippen LogP contribution in [0.5, 0.6) is 34.5 Å². The zero-order valence-electron chi connectivity index (χ0n) is 28.2. The molecule has 0 bridgehead atoms. The lowest BCUT2D eigenvalue weighted by Gasteiger charge is -2.36. The molecule has 3 rings (SSSR count). The Morgan fingerprint density at radius 3 is 1.18 bits per heavy atom. The number of rotatable bonds is 19. The first-order valence-corrected chi connectivity index (χ1v) is 16.4. The normalized spacial score (nSPS) is 11.0. The quantitative estimate of drug-likeness (QED) is 0.0487. The van der Waals surface area contributed by atoms with Gasteiger partial charge in [0.15, 0.2) is 42.3 Å². The fourth-order valence-electron chi connectivity index (χ4n) is 5.53. The van der Waals surface area contributed by atoms with Crippen molar-refractivity contribution in [3.63, 3.8) is 0 Å². The Balaban J connectivity index is 1.75. The predicted octanol–water partition coefficient (Wildman–Crippen LogP) is 1.65. The van der Waals surface area contributed by atoms with Gasteiger partial charge in [0.25, 0.3) is 17.7 Å². The third-order valence-corrected chi connectivity index (χ3v) is 8.24. The van der Waals surface area contributed by atoms with Gasteiger partial charge in [0, 0.05) is 38.0 Å². The van der Waals surface area contributed by atoms with Crippen LogP contribution >= 0.6 is 0 Å². The molecule has 0 unspecified atom stereocenters. The molecule has 0 fully saturated rings. The van der Waals surface area contributed by atoms with E-state index in [1.54, 1.807) is 0 Å². The third kappa shape index (κ3) is 11.6. The van der Waals surface area contributed by atoms with Gasteiger partial charge in [0.2, 0.25) is 5.91 Å². The molecule has 0 aliphatic heterocycles. The number of para-hydroxylation sites is 3. The molecule has 51 heavy (non-hydrogen) atoms. The first-order valence-electron chi connectivity index (χ1n) is 16.4. The van der Waals surface area contributed by atoms with E-state index in [1.165, 1.54) is 62.4 Å². The molecule has 272 valence electrons. The minimum absolute atomic E-state index is 0.0122. The van der Waals surface area contributed by atoms with Crippen molar-refractivity contribution in [2.75, 3.05) is 19.6 Å². The van der Waals surface area contributed by atoms with Crippen LogP contribution in [0.25, 0.3) is 0 Å². The molecular weight excluding hydrogens is 663 g/mol. The van der Waals surface area contributed by atoms with Crippen molar-refractivity contribution in [3.8, 4) is 34.5 Å². The zero-order chi connectivity index (χ0) is 37.6. The second-order valence-corrected chi connectivity index (χ2v) is 12.1. The average Bonchev–Trinajstić information content (AvgIpc) is 3.09. The topological polar surface area (TPSA) is 255 Å². The summed E-state index contributed by atoms with van der Waals surface area (Å²) in [7, 11) is 1.37. The lowest BCUT2D eigenvalue weighted by Crippen LogP contribution is -2.50. The highest BCUT2D eigenvalue weighted by Crippen LogP contribution is 2.31. The largest absolute Gasteiger partial charge is 0.504 e. The van der Waals surface area contributed by atoms with Gasteiger partial charge in [-0.1, -0.05) is 18.2 Å². The van der Waals surface area contributed by atoms with Gasteiger partial charge in [-0.05, 0) is 74.9 Å². The number of nitrogens with one attached hydrogen (secondary N) is 4. The van der Waals surface area contributed by atoms with Crippen molar-refractivity contribution in [1.29, 1.82) is 0 Å². The molecule has 16 heteroatoms. The van der Waals surface area contributed by atoms with E-state index >= 15 is 0 Å². The van der Waals surface area contributed by atoms with Crippen LogP contribution in [0.2, 0.25) is 0 Å². The summed E-state index contributed by atoms with van der Waals surface area (Å²) in [6, 6.07) is 12.0. The SMILES string of the molecule is BC(=O)CCC(=O)NC(CCCNC(=O)c1cccc(O)c1O)(CCCNC(=O)c1cccc(O)c1O)CCCNC(=O)c1cccc(O)c1O. The van der Waals surface area contributed by atoms with Gasteiger partial charge in [0.05, 0.1) is 22.4 Å². The zero-order valence-corrected chi connectivity index (χ0v) is 28.2. The molecule has 0 aromatic heterocycles. The first-order chi connectivity index (χ1) is 24.2. The van der Waals surface area contributed by atoms with E-state index < -0.39 is 63.7 Å². The maximum Gasteiger partial charge on any atom is 0.255 e. The number of carbonyl (C=O) groups is 5. The molecule has 0 radical (unpaired) electrons. The fraction of sp³-hybridized carbons (Fsp3) is 0.343. The van der Waals surface area contributed by atoms with E-state index in [1.807, 2.05) is 0 Å². The molecule has 15 nitrogen and oxygen atoms in total. The molecule has 0 atom stereocenters. The lowest BCUT2D eigenvalue weighted by molar-refractivity contribution is -0.125. The van der Waals surface area contributed by atoms with Crippen molar-refractivity contribution in [2.24, 2.45) is 0 Å². The second kappa shape index (κ2) is 18.7. The van der Waals surface area contributed by atoms with Crippen LogP contribution in [0.4, 0.5) is 0 Å². The first kappa shape index (κ1) is 39.5. The van der Waals surface area contributed by atoms with Crippen molar-refractivity contribution in [1.82, 2.24) is 21.3 Å². The summed E-state index contributed by atoms with van der Waals surface area (Å²) >= 11 is 0. The molecule has 0 heterocycles. The third-order valence-electron chi connectivity index (χ3n) is 8.24. The lowest BCUT2D eigenvalue weighted by atomic mass is 9.83. The number of benzene rings is 3. The molecule has 10 N–H and O–H groups in total. The van der Waals surface area contributed by atoms with Crippen LogP contribution in [0.1, 0.15) is 82.4 Å². The van der Waals surface area contributed by atoms with Crippen molar-refractivity contribution in [2.45, 2.75) is 56.9 Å². The van der Waals surface area contributed by atoms with Gasteiger partial charge >= 0.3 is 0 Å². The average molecular weight is 707 g/mol. The van der Waals surface area contributed by atoms with E-state index in [4.69, 9.17) is 0 Å². The Morgan fingerprint density at radius 1 is 0.529 bits per heavy atom. The number of aromatic hydroxyl groups is 6. The summed E-state index contributed by atoms with van der Waals surface area (Å²) in [4.78, 5) is 62.9. The molecule has 0 spiro atoms. The van der Waals surface area contributed by atoms with Gasteiger partial charge in [-0.2, -0.15) is 0 Å². The van der Waals surface area contributed by atoms with Crippen LogP contribution in [0.15, 0.2) is 54.6 Å². The van der Waals surface area contributed by atoms with Crippen LogP contribution in [-0.2, 0) is 9.59 Å². The molecular formula is C35H43BN4O11. The van der Waals surface area contributed by atoms with E-state index in [-0.39, 0.29) is 54.8 Å². The fourth-order valence-corrected chi connectivity index (χ4v) is 5.53. The molecule has 3 aromatic carbocycles. The molecule has 3 aromatic rings. The van der Waals surface area contributed by atoms with Crippen molar-refractivity contribution < 1.29 is 54.6 Å². The van der Waals surface area contributed by atoms with E-state index in [9.17, 15) is 54.6 Å². The highest BCUT2D eigenvalue weighted by atomic mass is 16.3. The number of phenolic OH excluding ortho intramolecular Hbond substituents is 6. The Kier molecular flexibility index (Phi) is 14.5. The van der Waals surface area contributed by atoms with Crippen LogP contribution in [0.3, 0.4) is 0 Å². The minimum atomic E-state index is -0.957. The number of carbonyl (C=O) groups excluding carboxylic acids is 5. The van der Waals surface area contributed by atoms with Crippen molar-refractivity contribution >= 4 is 37.2 Å². The summed E-state index contributed by atoms with van der Waals surface area (Å²) in [5.41, 5.74) is -1.51. The van der Waals surface area contributed by atoms with Crippen LogP contribution < -0.4 is 21.3 Å². The molecule has 0 saturated heterocycles. The van der Waals surface area contributed by atoms with Gasteiger partial charge in [-0.3, -0.25) is 19.2 Å². The summed E-state index contributed by atoms with van der Waals surface area (Å²) in [6.07, 6.45) is 1.81. The predicted molar refractivity (Wildman–Crippen MR) is 188 cm³/mol. The summed E-state index contributed by atoms with van der Waals surface area (Å²) in [6.45, 7) is 0.333. The Labute approximate surface area is 295 Å². The number of phenols is 6. The van der Waals surface area contributed by atoms with Gasteiger partial charge in [0.1, 0.15) is 0 Å². The summed E-state index contributed by atoms with van der Waals surface area (Å²) < 4.78 is 0. The van der Waals surface area contributed by atoms with Crippen LogP contribution in [-0.4, -0.2) is 93.0 Å². The number of hydrogen-bond acceptors (Lipinski definition) is 11. The molecule has 0 aliphatic rings. The standard InChI is InChI=1S/C35H43BN4O11/c36-27(44)13-14-28(45)40-35(15-4-18-37-32(49)21-7-1-10-24(41)29(21)46,16-5-19-38-33(50)22-8-2-11-25(42)30(22)47)17-6-20-39-34(51)23-9-3-12-26(43)31(23)48/h1-3,7-12,41-43,46-48H,4-6,13-20,36H2,(H,37,49)(H,38,50)(H,39,51)(H,40,45). The van der Waals surface area contributed by atoms with E-state index in [0.717, 1.165) is 0 Å². The van der Waals surface area contributed by atoms with Crippen LogP contribution in [0, 0.1) is 0 Å².